The quantitative estimate of drug-likeness (QED) is 0.493. The van der Waals surface area contributed by atoms with Crippen LogP contribution in [0.1, 0.15) is 24.2 Å². The van der Waals surface area contributed by atoms with Crippen molar-refractivity contribution < 1.29 is 13.7 Å². The summed E-state index contributed by atoms with van der Waals surface area (Å²) in [5, 5.41) is 11.2. The van der Waals surface area contributed by atoms with Gasteiger partial charge in [0.2, 0.25) is 5.91 Å². The van der Waals surface area contributed by atoms with Crippen LogP contribution in [0.4, 0.5) is 0 Å². The molecule has 4 rings (SSSR count). The topological polar surface area (TPSA) is 103 Å². The van der Waals surface area contributed by atoms with Crippen LogP contribution in [0.3, 0.4) is 0 Å². The highest BCUT2D eigenvalue weighted by Crippen LogP contribution is 2.30. The normalized spacial score (nSPS) is 11.9. The van der Waals surface area contributed by atoms with Gasteiger partial charge in [-0.15, -0.1) is 0 Å². The first-order chi connectivity index (χ1) is 15.0. The van der Waals surface area contributed by atoms with E-state index < -0.39 is 11.6 Å². The number of carbonyl (C=O) groups excluding carboxylic acids is 1. The van der Waals surface area contributed by atoms with E-state index in [2.05, 4.69) is 15.6 Å². The van der Waals surface area contributed by atoms with E-state index in [1.54, 1.807) is 32.0 Å². The second-order valence-electron chi connectivity index (χ2n) is 7.20. The smallest absolute Gasteiger partial charge is 0.268 e. The highest BCUT2D eigenvalue weighted by molar-refractivity contribution is 5.80. The molecule has 8 nitrogen and oxygen atoms in total. The Morgan fingerprint density at radius 1 is 1.13 bits per heavy atom. The SMILES string of the molecule is Cc1cc(-c2cc(=O)n(C(C)C(=O)NCCc3ccccc3)nc2-c2ccco2)on1. The summed E-state index contributed by atoms with van der Waals surface area (Å²) in [5.74, 6) is 0.564. The molecule has 0 saturated heterocycles. The van der Waals surface area contributed by atoms with Gasteiger partial charge in [0.05, 0.1) is 17.5 Å². The van der Waals surface area contributed by atoms with Crippen molar-refractivity contribution in [3.05, 3.63) is 82.5 Å². The summed E-state index contributed by atoms with van der Waals surface area (Å²) in [6, 6.07) is 15.6. The third-order valence-corrected chi connectivity index (χ3v) is 4.91. The van der Waals surface area contributed by atoms with E-state index in [-0.39, 0.29) is 5.91 Å². The lowest BCUT2D eigenvalue weighted by atomic mass is 10.1. The van der Waals surface area contributed by atoms with E-state index in [4.69, 9.17) is 8.94 Å². The largest absolute Gasteiger partial charge is 0.463 e. The third kappa shape index (κ3) is 4.48. The zero-order valence-corrected chi connectivity index (χ0v) is 17.2. The minimum absolute atomic E-state index is 0.292. The van der Waals surface area contributed by atoms with E-state index >= 15 is 0 Å². The van der Waals surface area contributed by atoms with Gasteiger partial charge in [0.1, 0.15) is 11.7 Å². The van der Waals surface area contributed by atoms with Crippen molar-refractivity contribution in [1.29, 1.82) is 0 Å². The molecule has 3 heterocycles. The Hall–Kier alpha value is -3.94. The molecule has 1 aromatic carbocycles. The van der Waals surface area contributed by atoms with Crippen LogP contribution in [0.2, 0.25) is 0 Å². The second-order valence-corrected chi connectivity index (χ2v) is 7.20. The number of hydrogen-bond donors (Lipinski definition) is 1. The maximum Gasteiger partial charge on any atom is 0.268 e. The van der Waals surface area contributed by atoms with Crippen molar-refractivity contribution in [3.8, 4) is 22.8 Å². The van der Waals surface area contributed by atoms with E-state index in [1.165, 1.54) is 12.3 Å². The summed E-state index contributed by atoms with van der Waals surface area (Å²) >= 11 is 0. The van der Waals surface area contributed by atoms with Crippen molar-refractivity contribution in [2.24, 2.45) is 0 Å². The minimum atomic E-state index is -0.803. The van der Waals surface area contributed by atoms with Crippen LogP contribution < -0.4 is 10.9 Å². The van der Waals surface area contributed by atoms with Gasteiger partial charge in [0, 0.05) is 18.7 Å². The van der Waals surface area contributed by atoms with Gasteiger partial charge in [0.15, 0.2) is 11.5 Å². The summed E-state index contributed by atoms with van der Waals surface area (Å²) < 4.78 is 12.0. The number of nitrogens with one attached hydrogen (secondary N) is 1. The Kier molecular flexibility index (Phi) is 5.79. The molecule has 0 saturated carbocycles. The lowest BCUT2D eigenvalue weighted by molar-refractivity contribution is -0.124. The van der Waals surface area contributed by atoms with Crippen LogP contribution >= 0.6 is 0 Å². The maximum absolute atomic E-state index is 12.8. The van der Waals surface area contributed by atoms with Gasteiger partial charge >= 0.3 is 0 Å². The molecule has 0 aliphatic heterocycles. The first-order valence-electron chi connectivity index (χ1n) is 9.96. The van der Waals surface area contributed by atoms with E-state index in [0.29, 0.717) is 41.4 Å². The lowest BCUT2D eigenvalue weighted by Gasteiger charge is -2.16. The first-order valence-corrected chi connectivity index (χ1v) is 9.96. The zero-order valence-electron chi connectivity index (χ0n) is 17.2. The van der Waals surface area contributed by atoms with Crippen LogP contribution in [-0.2, 0) is 11.2 Å². The third-order valence-electron chi connectivity index (χ3n) is 4.91. The predicted molar refractivity (Wildman–Crippen MR) is 114 cm³/mol. The number of carbonyl (C=O) groups is 1. The number of nitrogens with zero attached hydrogens (tertiary/aromatic N) is 3. The molecular formula is C23H22N4O4. The van der Waals surface area contributed by atoms with Crippen molar-refractivity contribution in [2.75, 3.05) is 6.54 Å². The van der Waals surface area contributed by atoms with Crippen LogP contribution in [0.15, 0.2) is 74.6 Å². The molecule has 1 atom stereocenters. The van der Waals surface area contributed by atoms with Crippen molar-refractivity contribution in [1.82, 2.24) is 20.3 Å². The molecule has 4 aromatic rings. The van der Waals surface area contributed by atoms with Gasteiger partial charge < -0.3 is 14.3 Å². The summed E-state index contributed by atoms with van der Waals surface area (Å²) in [5.41, 5.74) is 2.22. The molecule has 0 spiro atoms. The molecule has 0 radical (unpaired) electrons. The summed E-state index contributed by atoms with van der Waals surface area (Å²) in [6.45, 7) is 3.88. The highest BCUT2D eigenvalue weighted by Gasteiger charge is 2.23. The molecule has 3 aromatic heterocycles. The number of aromatic nitrogens is 3. The summed E-state index contributed by atoms with van der Waals surface area (Å²) in [6.07, 6.45) is 2.21. The van der Waals surface area contributed by atoms with Gasteiger partial charge in [0.25, 0.3) is 5.56 Å². The minimum Gasteiger partial charge on any atom is -0.463 e. The van der Waals surface area contributed by atoms with Crippen LogP contribution in [0.5, 0.6) is 0 Å². The molecule has 0 fully saturated rings. The van der Waals surface area contributed by atoms with E-state index in [9.17, 15) is 9.59 Å². The molecule has 1 amide bonds. The van der Waals surface area contributed by atoms with Gasteiger partial charge in [-0.05, 0) is 38.0 Å². The molecule has 1 unspecified atom stereocenters. The first kappa shape index (κ1) is 20.3. The number of furan rings is 1. The van der Waals surface area contributed by atoms with Crippen LogP contribution in [-0.4, -0.2) is 27.4 Å². The number of amides is 1. The number of aryl methyl sites for hydroxylation is 1. The van der Waals surface area contributed by atoms with Gasteiger partial charge in [-0.3, -0.25) is 9.59 Å². The van der Waals surface area contributed by atoms with E-state index in [0.717, 1.165) is 10.2 Å². The number of hydrogen-bond acceptors (Lipinski definition) is 6. The Morgan fingerprint density at radius 3 is 2.61 bits per heavy atom. The Bertz CT molecular complexity index is 1230. The molecule has 1 N–H and O–H groups in total. The molecule has 158 valence electrons. The average Bonchev–Trinajstić information content (AvgIpc) is 3.46. The van der Waals surface area contributed by atoms with Crippen LogP contribution in [0, 0.1) is 6.92 Å². The average molecular weight is 418 g/mol. The van der Waals surface area contributed by atoms with Crippen LogP contribution in [0.25, 0.3) is 22.8 Å². The highest BCUT2D eigenvalue weighted by atomic mass is 16.5. The predicted octanol–water partition coefficient (Wildman–Crippen LogP) is 3.39. The fourth-order valence-electron chi connectivity index (χ4n) is 3.25. The maximum atomic E-state index is 12.8. The second kappa shape index (κ2) is 8.83. The molecule has 0 aliphatic rings. The van der Waals surface area contributed by atoms with Crippen molar-refractivity contribution in [3.63, 3.8) is 0 Å². The van der Waals surface area contributed by atoms with Crippen molar-refractivity contribution in [2.45, 2.75) is 26.3 Å². The molecule has 0 bridgehead atoms. The van der Waals surface area contributed by atoms with Gasteiger partial charge in [-0.1, -0.05) is 35.5 Å². The van der Waals surface area contributed by atoms with E-state index in [1.807, 2.05) is 30.3 Å². The lowest BCUT2D eigenvalue weighted by Crippen LogP contribution is -2.38. The standard InChI is InChI=1S/C23H22N4O4/c1-15-13-20(31-26-15)18-14-21(28)27(25-22(18)19-9-6-12-30-19)16(2)23(29)24-11-10-17-7-4-3-5-8-17/h3-9,12-14,16H,10-11H2,1-2H3,(H,24,29). The Labute approximate surface area is 178 Å². The number of benzene rings is 1. The fourth-order valence-corrected chi connectivity index (χ4v) is 3.25. The molecule has 31 heavy (non-hydrogen) atoms. The Morgan fingerprint density at radius 2 is 1.94 bits per heavy atom. The number of rotatable bonds is 7. The summed E-state index contributed by atoms with van der Waals surface area (Å²) in [7, 11) is 0. The fraction of sp³-hybridized carbons (Fsp3) is 0.217. The monoisotopic (exact) mass is 418 g/mol. The summed E-state index contributed by atoms with van der Waals surface area (Å²) in [4.78, 5) is 25.5. The van der Waals surface area contributed by atoms with Crippen molar-refractivity contribution >= 4 is 5.91 Å². The Balaban J connectivity index is 1.59. The zero-order chi connectivity index (χ0) is 21.8. The molecule has 8 heteroatoms. The molecular weight excluding hydrogens is 396 g/mol. The molecule has 0 aliphatic carbocycles. The van der Waals surface area contributed by atoms with Gasteiger partial charge in [-0.2, -0.15) is 5.10 Å². The van der Waals surface area contributed by atoms with Gasteiger partial charge in [-0.25, -0.2) is 4.68 Å².